The van der Waals surface area contributed by atoms with E-state index in [2.05, 4.69) is 50.3 Å². The molecule has 1 aromatic rings. The van der Waals surface area contributed by atoms with Gasteiger partial charge in [-0.1, -0.05) is 54.5 Å². The van der Waals surface area contributed by atoms with Crippen LogP contribution >= 0.6 is 0 Å². The molecule has 0 nitrogen and oxygen atoms in total. The minimum Gasteiger partial charge on any atom is -0.0914 e. The Morgan fingerprint density at radius 1 is 0.870 bits per heavy atom. The third kappa shape index (κ3) is 4.16. The molecule has 124 valence electrons. The lowest BCUT2D eigenvalue weighted by Crippen LogP contribution is -2.12. The first-order valence-electron chi connectivity index (χ1n) is 9.71. The molecule has 0 aliphatic heterocycles. The van der Waals surface area contributed by atoms with Gasteiger partial charge in [-0.3, -0.25) is 0 Å². The molecule has 0 N–H and O–H groups in total. The second kappa shape index (κ2) is 7.99. The standard InChI is InChI=1S/C23H32/c1-3-5-19-8-12-21(13-9-19)23-16-14-22(15-17-23)20-10-6-18(4-2)7-11-20/h3,5-7,10-11,19,22H,4,8-9,12-17H2,1-2H3/b5-3+,23-21?. The van der Waals surface area contributed by atoms with Gasteiger partial charge in [0.15, 0.2) is 0 Å². The van der Waals surface area contributed by atoms with Gasteiger partial charge in [0.25, 0.3) is 0 Å². The summed E-state index contributed by atoms with van der Waals surface area (Å²) in [5.74, 6) is 1.64. The van der Waals surface area contributed by atoms with Crippen LogP contribution in [0.5, 0.6) is 0 Å². The van der Waals surface area contributed by atoms with Crippen molar-refractivity contribution in [1.82, 2.24) is 0 Å². The number of rotatable bonds is 3. The lowest BCUT2D eigenvalue weighted by molar-refractivity contribution is 0.461. The van der Waals surface area contributed by atoms with Crippen molar-refractivity contribution in [2.24, 2.45) is 5.92 Å². The van der Waals surface area contributed by atoms with E-state index in [1.807, 2.05) is 11.1 Å². The minimum absolute atomic E-state index is 0.796. The zero-order valence-electron chi connectivity index (χ0n) is 15.0. The van der Waals surface area contributed by atoms with Gasteiger partial charge in [0, 0.05) is 0 Å². The van der Waals surface area contributed by atoms with E-state index < -0.39 is 0 Å². The van der Waals surface area contributed by atoms with Crippen LogP contribution in [-0.4, -0.2) is 0 Å². The smallest absolute Gasteiger partial charge is 0.0156 e. The summed E-state index contributed by atoms with van der Waals surface area (Å²) < 4.78 is 0. The molecule has 0 radical (unpaired) electrons. The van der Waals surface area contributed by atoms with E-state index >= 15 is 0 Å². The Labute approximate surface area is 142 Å². The van der Waals surface area contributed by atoms with Crippen LogP contribution in [0, 0.1) is 5.92 Å². The van der Waals surface area contributed by atoms with Crippen molar-refractivity contribution >= 4 is 0 Å². The van der Waals surface area contributed by atoms with Crippen LogP contribution < -0.4 is 0 Å². The second-order valence-corrected chi connectivity index (χ2v) is 7.44. The molecule has 2 saturated carbocycles. The summed E-state index contributed by atoms with van der Waals surface area (Å²) in [6.45, 7) is 4.39. The second-order valence-electron chi connectivity index (χ2n) is 7.44. The van der Waals surface area contributed by atoms with Crippen molar-refractivity contribution in [3.63, 3.8) is 0 Å². The SMILES string of the molecule is C/C=C/C1CCC(=C2CCC(c3ccc(CC)cc3)CC2)CC1. The highest BCUT2D eigenvalue weighted by Crippen LogP contribution is 2.40. The predicted molar refractivity (Wildman–Crippen MR) is 101 cm³/mol. The number of benzene rings is 1. The van der Waals surface area contributed by atoms with Crippen molar-refractivity contribution in [1.29, 1.82) is 0 Å². The molecule has 0 bridgehead atoms. The first-order valence-corrected chi connectivity index (χ1v) is 9.71. The molecule has 23 heavy (non-hydrogen) atoms. The molecule has 0 spiro atoms. The maximum absolute atomic E-state index is 2.41. The van der Waals surface area contributed by atoms with E-state index in [1.165, 1.54) is 56.9 Å². The maximum atomic E-state index is 2.41. The molecule has 0 aromatic heterocycles. The van der Waals surface area contributed by atoms with Gasteiger partial charge in [0.1, 0.15) is 0 Å². The molecular weight excluding hydrogens is 276 g/mol. The average Bonchev–Trinajstić information content (AvgIpc) is 2.63. The molecule has 0 unspecified atom stereocenters. The predicted octanol–water partition coefficient (Wildman–Crippen LogP) is 6.97. The average molecular weight is 309 g/mol. The lowest BCUT2D eigenvalue weighted by atomic mass is 9.76. The normalized spacial score (nSPS) is 26.0. The molecule has 2 aliphatic carbocycles. The van der Waals surface area contributed by atoms with Gasteiger partial charge in [0.05, 0.1) is 0 Å². The topological polar surface area (TPSA) is 0 Å². The van der Waals surface area contributed by atoms with Crippen LogP contribution in [0.1, 0.15) is 82.3 Å². The van der Waals surface area contributed by atoms with Crippen LogP contribution in [0.25, 0.3) is 0 Å². The Kier molecular flexibility index (Phi) is 5.75. The number of aryl methyl sites for hydroxylation is 1. The van der Waals surface area contributed by atoms with Crippen molar-refractivity contribution < 1.29 is 0 Å². The van der Waals surface area contributed by atoms with Gasteiger partial charge in [-0.05, 0) is 87.7 Å². The Morgan fingerprint density at radius 3 is 1.96 bits per heavy atom. The monoisotopic (exact) mass is 308 g/mol. The fraction of sp³-hybridized carbons (Fsp3) is 0.565. The summed E-state index contributed by atoms with van der Waals surface area (Å²) in [5.41, 5.74) is 6.68. The third-order valence-corrected chi connectivity index (χ3v) is 6.05. The van der Waals surface area contributed by atoms with Crippen LogP contribution in [0.4, 0.5) is 0 Å². The number of hydrogen-bond donors (Lipinski definition) is 0. The molecular formula is C23H32. The van der Waals surface area contributed by atoms with Gasteiger partial charge in [-0.25, -0.2) is 0 Å². The van der Waals surface area contributed by atoms with E-state index in [4.69, 9.17) is 0 Å². The molecule has 0 heteroatoms. The fourth-order valence-electron chi connectivity index (χ4n) is 4.49. The summed E-state index contributed by atoms with van der Waals surface area (Å²) in [7, 11) is 0. The molecule has 2 aliphatic rings. The van der Waals surface area contributed by atoms with Gasteiger partial charge in [0.2, 0.25) is 0 Å². The molecule has 0 heterocycles. The van der Waals surface area contributed by atoms with Gasteiger partial charge < -0.3 is 0 Å². The molecule has 1 aromatic carbocycles. The van der Waals surface area contributed by atoms with E-state index in [0.29, 0.717) is 0 Å². The summed E-state index contributed by atoms with van der Waals surface area (Å²) in [5, 5.41) is 0. The van der Waals surface area contributed by atoms with Crippen LogP contribution in [-0.2, 0) is 6.42 Å². The summed E-state index contributed by atoms with van der Waals surface area (Å²) >= 11 is 0. The van der Waals surface area contributed by atoms with E-state index in [-0.39, 0.29) is 0 Å². The largest absolute Gasteiger partial charge is 0.0914 e. The highest BCUT2D eigenvalue weighted by Gasteiger charge is 2.22. The van der Waals surface area contributed by atoms with Crippen LogP contribution in [0.15, 0.2) is 47.6 Å². The fourth-order valence-corrected chi connectivity index (χ4v) is 4.49. The Balaban J connectivity index is 1.56. The quantitative estimate of drug-likeness (QED) is 0.529. The third-order valence-electron chi connectivity index (χ3n) is 6.05. The highest BCUT2D eigenvalue weighted by atomic mass is 14.3. The molecule has 0 atom stereocenters. The summed E-state index contributed by atoms with van der Waals surface area (Å²) in [6.07, 6.45) is 16.7. The van der Waals surface area contributed by atoms with Crippen LogP contribution in [0.2, 0.25) is 0 Å². The lowest BCUT2D eigenvalue weighted by Gasteiger charge is -2.29. The van der Waals surface area contributed by atoms with Gasteiger partial charge in [-0.2, -0.15) is 0 Å². The molecule has 0 amide bonds. The van der Waals surface area contributed by atoms with Crippen molar-refractivity contribution in [2.75, 3.05) is 0 Å². The zero-order chi connectivity index (χ0) is 16.1. The molecule has 0 saturated heterocycles. The zero-order valence-corrected chi connectivity index (χ0v) is 15.0. The van der Waals surface area contributed by atoms with Crippen molar-refractivity contribution in [2.45, 2.75) is 77.6 Å². The first kappa shape index (κ1) is 16.6. The van der Waals surface area contributed by atoms with E-state index in [0.717, 1.165) is 18.3 Å². The van der Waals surface area contributed by atoms with E-state index in [1.54, 1.807) is 5.56 Å². The summed E-state index contributed by atoms with van der Waals surface area (Å²) in [6, 6.07) is 9.41. The highest BCUT2D eigenvalue weighted by molar-refractivity contribution is 5.28. The molecule has 3 rings (SSSR count). The van der Waals surface area contributed by atoms with Gasteiger partial charge >= 0.3 is 0 Å². The van der Waals surface area contributed by atoms with Gasteiger partial charge in [-0.15, -0.1) is 0 Å². The van der Waals surface area contributed by atoms with Crippen molar-refractivity contribution in [3.05, 3.63) is 58.7 Å². The summed E-state index contributed by atoms with van der Waals surface area (Å²) in [4.78, 5) is 0. The molecule has 2 fully saturated rings. The van der Waals surface area contributed by atoms with Crippen LogP contribution in [0.3, 0.4) is 0 Å². The first-order chi connectivity index (χ1) is 11.3. The van der Waals surface area contributed by atoms with E-state index in [9.17, 15) is 0 Å². The number of allylic oxidation sites excluding steroid dienone is 4. The minimum atomic E-state index is 0.796. The maximum Gasteiger partial charge on any atom is -0.0156 e. The van der Waals surface area contributed by atoms with Crippen molar-refractivity contribution in [3.8, 4) is 0 Å². The number of hydrogen-bond acceptors (Lipinski definition) is 0. The Morgan fingerprint density at radius 2 is 1.43 bits per heavy atom. The Hall–Kier alpha value is -1.30. The Bertz CT molecular complexity index is 538.